The summed E-state index contributed by atoms with van der Waals surface area (Å²) in [5, 5.41) is 14.0. The van der Waals surface area contributed by atoms with Crippen molar-refractivity contribution in [1.29, 1.82) is 0 Å². The number of pyridine rings is 1. The van der Waals surface area contributed by atoms with Crippen LogP contribution in [0.3, 0.4) is 0 Å². The summed E-state index contributed by atoms with van der Waals surface area (Å²) in [4.78, 5) is 40.8. The number of carbonyl (C=O) groups is 3. The molecule has 0 atom stereocenters. The molecule has 4 aromatic rings. The zero-order valence-corrected chi connectivity index (χ0v) is 23.9. The molecule has 0 aliphatic heterocycles. The van der Waals surface area contributed by atoms with Crippen molar-refractivity contribution in [3.8, 4) is 23.0 Å². The fraction of sp³-hybridized carbons (Fsp3) is 0.0667. The molecular formula is C30H23ClF3N5O6. The Bertz CT molecular complexity index is 1750. The van der Waals surface area contributed by atoms with Crippen LogP contribution in [0.4, 0.5) is 29.3 Å². The first-order valence-corrected chi connectivity index (χ1v) is 13.1. The molecule has 0 fully saturated rings. The number of phenols is 1. The normalized spacial score (nSPS) is 11.0. The molecule has 0 saturated heterocycles. The van der Waals surface area contributed by atoms with Gasteiger partial charge in [0.15, 0.2) is 11.5 Å². The molecule has 0 aliphatic carbocycles. The molecule has 0 saturated carbocycles. The number of aromatic nitrogens is 1. The number of urea groups is 1. The minimum absolute atomic E-state index is 0.0506. The smallest absolute Gasteiger partial charge is 0.417 e. The number of amides is 4. The van der Waals surface area contributed by atoms with Crippen molar-refractivity contribution in [3.63, 3.8) is 0 Å². The summed E-state index contributed by atoms with van der Waals surface area (Å²) >= 11 is 5.60. The Balaban J connectivity index is 1.29. The molecule has 15 heteroatoms. The summed E-state index contributed by atoms with van der Waals surface area (Å²) in [7, 11) is 1.39. The average Bonchev–Trinajstić information content (AvgIpc) is 3.01. The third-order valence-electron chi connectivity index (χ3n) is 5.77. The molecule has 11 nitrogen and oxygen atoms in total. The molecule has 1 aromatic heterocycles. The van der Waals surface area contributed by atoms with E-state index < -0.39 is 34.6 Å². The molecule has 1 heterocycles. The van der Waals surface area contributed by atoms with E-state index in [4.69, 9.17) is 21.1 Å². The Labute approximate surface area is 258 Å². The van der Waals surface area contributed by atoms with Crippen LogP contribution in [-0.4, -0.2) is 35.0 Å². The van der Waals surface area contributed by atoms with Crippen LogP contribution in [0, 0.1) is 0 Å². The van der Waals surface area contributed by atoms with Crippen molar-refractivity contribution in [2.45, 2.75) is 6.18 Å². The Hall–Kier alpha value is -5.76. The molecule has 5 N–H and O–H groups in total. The maximum Gasteiger partial charge on any atom is 0.417 e. The van der Waals surface area contributed by atoms with Gasteiger partial charge in [-0.3, -0.25) is 25.4 Å². The Morgan fingerprint density at radius 1 is 0.889 bits per heavy atom. The van der Waals surface area contributed by atoms with E-state index >= 15 is 0 Å². The lowest BCUT2D eigenvalue weighted by Gasteiger charge is -2.12. The van der Waals surface area contributed by atoms with Crippen molar-refractivity contribution in [2.75, 3.05) is 17.7 Å². The Morgan fingerprint density at radius 3 is 2.31 bits per heavy atom. The lowest BCUT2D eigenvalue weighted by atomic mass is 10.2. The number of halogens is 4. The van der Waals surface area contributed by atoms with Crippen LogP contribution in [0.1, 0.15) is 21.6 Å². The van der Waals surface area contributed by atoms with Gasteiger partial charge < -0.3 is 25.2 Å². The van der Waals surface area contributed by atoms with Crippen molar-refractivity contribution < 1.29 is 42.1 Å². The van der Waals surface area contributed by atoms with Crippen molar-refractivity contribution in [3.05, 3.63) is 107 Å². The first kappa shape index (κ1) is 32.2. The molecule has 232 valence electrons. The third kappa shape index (κ3) is 9.11. The lowest BCUT2D eigenvalue weighted by molar-refractivity contribution is -0.137. The molecule has 0 spiro atoms. The molecule has 4 amide bonds. The number of nitrogens with one attached hydrogen (secondary N) is 4. The molecule has 45 heavy (non-hydrogen) atoms. The summed E-state index contributed by atoms with van der Waals surface area (Å²) < 4.78 is 49.9. The number of carbonyl (C=O) groups excluding carboxylic acids is 3. The highest BCUT2D eigenvalue weighted by atomic mass is 35.5. The summed E-state index contributed by atoms with van der Waals surface area (Å²) in [6.07, 6.45) is -0.732. The fourth-order valence-electron chi connectivity index (χ4n) is 3.65. The van der Waals surface area contributed by atoms with Crippen LogP contribution < -0.4 is 31.0 Å². The highest BCUT2D eigenvalue weighted by molar-refractivity contribution is 6.31. The number of ether oxygens (including phenoxy) is 2. The molecule has 4 rings (SSSR count). The number of alkyl halides is 3. The summed E-state index contributed by atoms with van der Waals surface area (Å²) in [6, 6.07) is 15.5. The van der Waals surface area contributed by atoms with Crippen molar-refractivity contribution in [2.24, 2.45) is 0 Å². The molecule has 0 unspecified atom stereocenters. The van der Waals surface area contributed by atoms with E-state index in [-0.39, 0.29) is 28.6 Å². The number of rotatable bonds is 8. The fourth-order valence-corrected chi connectivity index (χ4v) is 3.87. The van der Waals surface area contributed by atoms with E-state index in [0.29, 0.717) is 17.0 Å². The predicted molar refractivity (Wildman–Crippen MR) is 159 cm³/mol. The number of phenolic OH excluding ortho intramolecular Hbond substituents is 1. The van der Waals surface area contributed by atoms with E-state index in [2.05, 4.69) is 26.5 Å². The van der Waals surface area contributed by atoms with Crippen molar-refractivity contribution >= 4 is 46.9 Å². The van der Waals surface area contributed by atoms with E-state index in [1.165, 1.54) is 80.1 Å². The van der Waals surface area contributed by atoms with E-state index in [9.17, 15) is 32.7 Å². The number of hydrogen-bond donors (Lipinski definition) is 5. The van der Waals surface area contributed by atoms with Crippen molar-refractivity contribution in [1.82, 2.24) is 15.8 Å². The Morgan fingerprint density at radius 2 is 1.60 bits per heavy atom. The number of methoxy groups -OCH3 is 1. The molecular weight excluding hydrogens is 619 g/mol. The van der Waals surface area contributed by atoms with Crippen LogP contribution in [0.15, 0.2) is 85.1 Å². The van der Waals surface area contributed by atoms with E-state index in [1.54, 1.807) is 6.07 Å². The SMILES string of the molecule is COc1cc(/C=C/C(=O)NNC(=O)c2cc(Oc3ccc(NC(=O)Nc4ccc(Cl)c(C(F)(F)F)c4)cc3)ccn2)ccc1O. The average molecular weight is 642 g/mol. The molecule has 0 bridgehead atoms. The summed E-state index contributed by atoms with van der Waals surface area (Å²) in [5.41, 5.74) is 4.10. The van der Waals surface area contributed by atoms with Gasteiger partial charge in [0.1, 0.15) is 17.2 Å². The minimum atomic E-state index is -4.68. The third-order valence-corrected chi connectivity index (χ3v) is 6.10. The number of hydrazine groups is 1. The topological polar surface area (TPSA) is 151 Å². The standard InChI is InChI=1S/C30H23ClF3N5O6/c1-44-26-14-17(2-10-25(26)40)3-11-27(41)38-39-28(42)24-16-21(12-13-35-24)45-20-7-4-18(5-8-20)36-29(43)37-19-6-9-23(31)22(15-19)30(32,33)34/h2-16,40H,1H3,(H,38,41)(H,39,42)(H2,36,37,43)/b11-3+. The van der Waals surface area contributed by atoms with Gasteiger partial charge in [-0.25, -0.2) is 4.79 Å². The second-order valence-corrected chi connectivity index (χ2v) is 9.39. The first-order valence-electron chi connectivity index (χ1n) is 12.8. The molecule has 0 aliphatic rings. The van der Waals surface area contributed by atoms with Gasteiger partial charge in [-0.05, 0) is 72.3 Å². The van der Waals surface area contributed by atoms with Gasteiger partial charge in [-0.15, -0.1) is 0 Å². The van der Waals surface area contributed by atoms with Crippen LogP contribution in [0.5, 0.6) is 23.0 Å². The zero-order valence-electron chi connectivity index (χ0n) is 23.1. The van der Waals surface area contributed by atoms with E-state index in [0.717, 1.165) is 12.1 Å². The minimum Gasteiger partial charge on any atom is -0.504 e. The van der Waals surface area contributed by atoms with Crippen LogP contribution >= 0.6 is 11.6 Å². The lowest BCUT2D eigenvalue weighted by Crippen LogP contribution is -2.41. The number of benzene rings is 3. The first-order chi connectivity index (χ1) is 21.4. The van der Waals surface area contributed by atoms with Gasteiger partial charge in [0.25, 0.3) is 11.8 Å². The highest BCUT2D eigenvalue weighted by Crippen LogP contribution is 2.36. The predicted octanol–water partition coefficient (Wildman–Crippen LogP) is 6.38. The van der Waals surface area contributed by atoms with Gasteiger partial charge >= 0.3 is 12.2 Å². The van der Waals surface area contributed by atoms with Gasteiger partial charge in [0, 0.05) is 29.7 Å². The van der Waals surface area contributed by atoms with Gasteiger partial charge in [-0.1, -0.05) is 17.7 Å². The maximum absolute atomic E-state index is 13.1. The number of hydrogen-bond acceptors (Lipinski definition) is 7. The van der Waals surface area contributed by atoms with Crippen LogP contribution in [-0.2, 0) is 11.0 Å². The van der Waals surface area contributed by atoms with Gasteiger partial charge in [0.2, 0.25) is 0 Å². The Kier molecular flexibility index (Phi) is 10.1. The number of aromatic hydroxyl groups is 1. The largest absolute Gasteiger partial charge is 0.504 e. The van der Waals surface area contributed by atoms with E-state index in [1.807, 2.05) is 0 Å². The quantitative estimate of drug-likeness (QED) is 0.111. The second-order valence-electron chi connectivity index (χ2n) is 8.98. The number of nitrogens with zero attached hydrogens (tertiary/aromatic N) is 1. The highest BCUT2D eigenvalue weighted by Gasteiger charge is 2.33. The van der Waals surface area contributed by atoms with Crippen LogP contribution in [0.25, 0.3) is 6.08 Å². The second kappa shape index (κ2) is 14.1. The maximum atomic E-state index is 13.1. The van der Waals surface area contributed by atoms with Crippen LogP contribution in [0.2, 0.25) is 5.02 Å². The van der Waals surface area contributed by atoms with Gasteiger partial charge in [-0.2, -0.15) is 13.2 Å². The summed E-state index contributed by atoms with van der Waals surface area (Å²) in [6.45, 7) is 0. The number of anilines is 2. The molecule has 0 radical (unpaired) electrons. The molecule has 3 aromatic carbocycles. The zero-order chi connectivity index (χ0) is 32.6. The summed E-state index contributed by atoms with van der Waals surface area (Å²) in [5.74, 6) is -0.602. The monoisotopic (exact) mass is 641 g/mol. The van der Waals surface area contributed by atoms with Gasteiger partial charge in [0.05, 0.1) is 17.7 Å².